The molecule has 4 aromatic rings. The number of esters is 1. The number of carboxylic acid groups (broad SMARTS) is 2. The molecule has 254 valence electrons. The Morgan fingerprint density at radius 1 is 0.735 bits per heavy atom. The van der Waals surface area contributed by atoms with Gasteiger partial charge in [-0.25, -0.2) is 0 Å². The van der Waals surface area contributed by atoms with Gasteiger partial charge in [-0.1, -0.05) is 66.7 Å². The van der Waals surface area contributed by atoms with E-state index in [0.29, 0.717) is 11.1 Å². The highest BCUT2D eigenvalue weighted by Crippen LogP contribution is 2.32. The van der Waals surface area contributed by atoms with Crippen LogP contribution in [0, 0.1) is 0 Å². The Morgan fingerprint density at radius 2 is 1.37 bits per heavy atom. The molecule has 4 aromatic carbocycles. The summed E-state index contributed by atoms with van der Waals surface area (Å²) in [5.41, 5.74) is -2.67. The lowest BCUT2D eigenvalue weighted by molar-refractivity contribution is -0.164. The average molecular weight is 679 g/mol. The van der Waals surface area contributed by atoms with E-state index in [2.05, 4.69) is 10.6 Å². The number of hydrogen-bond donors (Lipinski definition) is 4. The van der Waals surface area contributed by atoms with Crippen LogP contribution < -0.4 is 10.6 Å². The summed E-state index contributed by atoms with van der Waals surface area (Å²) in [5.74, 6) is -5.87. The third-order valence-electron chi connectivity index (χ3n) is 7.44. The van der Waals surface area contributed by atoms with Crippen LogP contribution in [0.4, 0.5) is 18.9 Å². The summed E-state index contributed by atoms with van der Waals surface area (Å²) in [6.07, 6.45) is -5.04. The van der Waals surface area contributed by atoms with E-state index in [1.54, 1.807) is 24.3 Å². The first-order valence-electron chi connectivity index (χ1n) is 14.4. The minimum Gasteiger partial charge on any atom is -0.480 e. The van der Waals surface area contributed by atoms with Gasteiger partial charge >= 0.3 is 24.1 Å². The topological polar surface area (TPSA) is 168 Å². The number of anilines is 1. The second-order valence-corrected chi connectivity index (χ2v) is 10.6. The number of carboxylic acids is 2. The van der Waals surface area contributed by atoms with E-state index in [1.807, 2.05) is 0 Å². The Bertz CT molecular complexity index is 1850. The van der Waals surface area contributed by atoms with Crippen molar-refractivity contribution >= 4 is 35.4 Å². The Labute approximate surface area is 277 Å². The number of aliphatic carboxylic acids is 2. The van der Waals surface area contributed by atoms with E-state index >= 15 is 0 Å². The summed E-state index contributed by atoms with van der Waals surface area (Å²) in [4.78, 5) is 63.6. The Morgan fingerprint density at radius 3 is 1.98 bits per heavy atom. The van der Waals surface area contributed by atoms with Gasteiger partial charge in [-0.3, -0.25) is 24.0 Å². The van der Waals surface area contributed by atoms with Crippen molar-refractivity contribution < 1.29 is 56.8 Å². The summed E-state index contributed by atoms with van der Waals surface area (Å²) in [7, 11) is 1.33. The fraction of sp³-hybridized carbons (Fsp3) is 0.171. The van der Waals surface area contributed by atoms with Crippen LogP contribution in [-0.4, -0.2) is 60.4 Å². The van der Waals surface area contributed by atoms with E-state index in [0.717, 1.165) is 12.1 Å². The minimum atomic E-state index is -4.54. The lowest BCUT2D eigenvalue weighted by atomic mass is 9.81. The van der Waals surface area contributed by atoms with Crippen molar-refractivity contribution in [2.75, 3.05) is 25.8 Å². The van der Waals surface area contributed by atoms with Gasteiger partial charge in [-0.2, -0.15) is 13.2 Å². The molecule has 0 spiro atoms. The minimum absolute atomic E-state index is 0.0118. The number of ether oxygens (including phenoxy) is 2. The van der Waals surface area contributed by atoms with Gasteiger partial charge in [0.15, 0.2) is 0 Å². The molecule has 0 atom stereocenters. The molecule has 14 heteroatoms. The number of carbonyl (C=O) groups excluding carboxylic acids is 3. The van der Waals surface area contributed by atoms with Gasteiger partial charge in [-0.05, 0) is 52.6 Å². The Hall–Kier alpha value is -6.02. The highest BCUT2D eigenvalue weighted by atomic mass is 19.4. The maximum atomic E-state index is 13.5. The molecule has 0 aromatic heterocycles. The van der Waals surface area contributed by atoms with Crippen molar-refractivity contribution in [2.45, 2.75) is 18.0 Å². The number of halogens is 3. The maximum Gasteiger partial charge on any atom is 0.416 e. The Kier molecular flexibility index (Phi) is 11.2. The lowest BCUT2D eigenvalue weighted by Crippen LogP contribution is -2.48. The molecule has 0 saturated carbocycles. The van der Waals surface area contributed by atoms with Gasteiger partial charge in [0.1, 0.15) is 13.3 Å². The van der Waals surface area contributed by atoms with Crippen molar-refractivity contribution in [3.63, 3.8) is 0 Å². The van der Waals surface area contributed by atoms with E-state index in [-0.39, 0.29) is 34.7 Å². The summed E-state index contributed by atoms with van der Waals surface area (Å²) in [6.45, 7) is -1.23. The molecule has 4 rings (SSSR count). The maximum absolute atomic E-state index is 13.5. The molecule has 0 aliphatic heterocycles. The third kappa shape index (κ3) is 8.29. The number of nitrogens with one attached hydrogen (secondary N) is 2. The molecule has 49 heavy (non-hydrogen) atoms. The molecule has 2 amide bonds. The zero-order valence-corrected chi connectivity index (χ0v) is 25.7. The van der Waals surface area contributed by atoms with Crippen molar-refractivity contribution in [3.05, 3.63) is 125 Å². The van der Waals surface area contributed by atoms with Gasteiger partial charge in [0.25, 0.3) is 11.8 Å². The molecule has 0 aliphatic rings. The normalized spacial score (nSPS) is 11.3. The molecule has 0 fully saturated rings. The van der Waals surface area contributed by atoms with Crippen molar-refractivity contribution in [1.29, 1.82) is 0 Å². The van der Waals surface area contributed by atoms with E-state index < -0.39 is 59.9 Å². The van der Waals surface area contributed by atoms with Gasteiger partial charge < -0.3 is 30.3 Å². The largest absolute Gasteiger partial charge is 0.480 e. The molecule has 11 nitrogen and oxygen atoms in total. The second-order valence-electron chi connectivity index (χ2n) is 10.6. The van der Waals surface area contributed by atoms with Crippen molar-refractivity contribution in [1.82, 2.24) is 5.32 Å². The SMILES string of the molecule is COCNC(=O)c1cc(CC(=O)OCC(C(=O)O)(C(=O)O)c2ccccc2)ccc1NC(=O)c1ccccc1-c1ccc(C(F)(F)F)cc1. The van der Waals surface area contributed by atoms with Crippen LogP contribution in [0.3, 0.4) is 0 Å². The standard InChI is InChI=1S/C35H29F3N2O9/c1-48-20-39-30(42)27-17-21(18-29(41)49-19-34(32(44)45,33(46)47)23-7-3-2-4-8-23)11-16-28(27)40-31(43)26-10-6-5-9-25(26)22-12-14-24(15-13-22)35(36,37)38/h2-17H,18-20H2,1H3,(H,39,42)(H,40,43)(H,44,45)(H,46,47). The van der Waals surface area contributed by atoms with Crippen LogP contribution in [0.2, 0.25) is 0 Å². The molecule has 0 unspecified atom stereocenters. The smallest absolute Gasteiger partial charge is 0.416 e. The van der Waals surface area contributed by atoms with E-state index in [4.69, 9.17) is 9.47 Å². The fourth-order valence-electron chi connectivity index (χ4n) is 4.87. The number of methoxy groups -OCH3 is 1. The fourth-order valence-corrected chi connectivity index (χ4v) is 4.87. The van der Waals surface area contributed by atoms with Crippen LogP contribution in [0.15, 0.2) is 97.1 Å². The van der Waals surface area contributed by atoms with Crippen molar-refractivity contribution in [2.24, 2.45) is 0 Å². The van der Waals surface area contributed by atoms with E-state index in [9.17, 15) is 47.4 Å². The Balaban J connectivity index is 1.58. The van der Waals surface area contributed by atoms with Crippen LogP contribution in [0.1, 0.15) is 37.4 Å². The highest BCUT2D eigenvalue weighted by molar-refractivity contribution is 6.12. The second kappa shape index (κ2) is 15.3. The molecule has 0 heterocycles. The van der Waals surface area contributed by atoms with Crippen LogP contribution in [-0.2, 0) is 41.9 Å². The number of carbonyl (C=O) groups is 5. The van der Waals surface area contributed by atoms with Crippen LogP contribution in [0.25, 0.3) is 11.1 Å². The number of amides is 2. The summed E-state index contributed by atoms with van der Waals surface area (Å²) in [5, 5.41) is 24.8. The quantitative estimate of drug-likeness (QED) is 0.0849. The monoisotopic (exact) mass is 678 g/mol. The predicted octanol–water partition coefficient (Wildman–Crippen LogP) is 5.15. The molecular weight excluding hydrogens is 649 g/mol. The van der Waals surface area contributed by atoms with Gasteiger partial charge in [0.05, 0.1) is 23.2 Å². The number of alkyl halides is 3. The van der Waals surface area contributed by atoms with E-state index in [1.165, 1.54) is 67.8 Å². The predicted molar refractivity (Wildman–Crippen MR) is 169 cm³/mol. The first-order valence-corrected chi connectivity index (χ1v) is 14.4. The average Bonchev–Trinajstić information content (AvgIpc) is 3.08. The van der Waals surface area contributed by atoms with Crippen LogP contribution in [0.5, 0.6) is 0 Å². The number of benzene rings is 4. The third-order valence-corrected chi connectivity index (χ3v) is 7.44. The van der Waals surface area contributed by atoms with Gasteiger partial charge in [-0.15, -0.1) is 0 Å². The van der Waals surface area contributed by atoms with Crippen molar-refractivity contribution in [3.8, 4) is 11.1 Å². The molecule has 0 saturated heterocycles. The molecule has 0 radical (unpaired) electrons. The summed E-state index contributed by atoms with van der Waals surface area (Å²) in [6, 6.07) is 21.5. The highest BCUT2D eigenvalue weighted by Gasteiger charge is 2.50. The van der Waals surface area contributed by atoms with Gasteiger partial charge in [0, 0.05) is 12.7 Å². The first-order chi connectivity index (χ1) is 23.3. The number of rotatable bonds is 13. The van der Waals surface area contributed by atoms with Crippen LogP contribution >= 0.6 is 0 Å². The molecular formula is C35H29F3N2O9. The molecule has 0 aliphatic carbocycles. The summed E-state index contributed by atoms with van der Waals surface area (Å²) < 4.78 is 49.3. The first kappa shape index (κ1) is 35.8. The lowest BCUT2D eigenvalue weighted by Gasteiger charge is -2.25. The zero-order chi connectivity index (χ0) is 35.8. The van der Waals surface area contributed by atoms with Gasteiger partial charge in [0.2, 0.25) is 5.41 Å². The number of hydrogen-bond acceptors (Lipinski definition) is 7. The molecule has 4 N–H and O–H groups in total. The summed E-state index contributed by atoms with van der Waals surface area (Å²) >= 11 is 0. The molecule has 0 bridgehead atoms. The zero-order valence-electron chi connectivity index (χ0n) is 25.7.